The number of ether oxygens (including phenoxy) is 1. The second-order valence-corrected chi connectivity index (χ2v) is 4.14. The van der Waals surface area contributed by atoms with Crippen LogP contribution in [0.1, 0.15) is 25.6 Å². The first-order valence-corrected chi connectivity index (χ1v) is 5.68. The molecule has 1 aliphatic carbocycles. The third-order valence-electron chi connectivity index (χ3n) is 2.63. The van der Waals surface area contributed by atoms with Crippen molar-refractivity contribution in [3.8, 4) is 5.88 Å². The summed E-state index contributed by atoms with van der Waals surface area (Å²) in [7, 11) is 0. The van der Waals surface area contributed by atoms with Crippen molar-refractivity contribution >= 4 is 5.82 Å². The molecule has 1 saturated carbocycles. The Morgan fingerprint density at radius 1 is 1.50 bits per heavy atom. The van der Waals surface area contributed by atoms with Crippen molar-refractivity contribution in [1.29, 1.82) is 0 Å². The molecule has 1 aromatic rings. The molecule has 16 heavy (non-hydrogen) atoms. The summed E-state index contributed by atoms with van der Waals surface area (Å²) in [5.74, 6) is 2.17. The van der Waals surface area contributed by atoms with Gasteiger partial charge < -0.3 is 15.8 Å². The number of hydrogen-bond donors (Lipinski definition) is 2. The molecule has 3 N–H and O–H groups in total. The maximum absolute atomic E-state index is 5.73. The molecule has 0 unspecified atom stereocenters. The zero-order valence-electron chi connectivity index (χ0n) is 9.73. The van der Waals surface area contributed by atoms with Crippen LogP contribution < -0.4 is 15.8 Å². The van der Waals surface area contributed by atoms with Gasteiger partial charge in [-0.25, -0.2) is 4.98 Å². The lowest BCUT2D eigenvalue weighted by molar-refractivity contribution is 0.325. The lowest BCUT2D eigenvalue weighted by Gasteiger charge is -2.33. The molecule has 0 radical (unpaired) electrons. The molecule has 88 valence electrons. The van der Waals surface area contributed by atoms with Crippen molar-refractivity contribution in [2.24, 2.45) is 5.73 Å². The SMILES string of the molecule is CCOc1cc(NC2CC(N)C2)nc(C)n1. The van der Waals surface area contributed by atoms with E-state index in [1.165, 1.54) is 0 Å². The average molecular weight is 222 g/mol. The Kier molecular flexibility index (Phi) is 3.24. The molecule has 0 bridgehead atoms. The first-order valence-electron chi connectivity index (χ1n) is 5.68. The molecule has 0 amide bonds. The van der Waals surface area contributed by atoms with E-state index in [1.807, 2.05) is 19.9 Å². The predicted octanol–water partition coefficient (Wildman–Crippen LogP) is 1.09. The van der Waals surface area contributed by atoms with Crippen molar-refractivity contribution in [3.05, 3.63) is 11.9 Å². The van der Waals surface area contributed by atoms with Crippen LogP contribution in [0.15, 0.2) is 6.07 Å². The number of aromatic nitrogens is 2. The van der Waals surface area contributed by atoms with Gasteiger partial charge in [-0.1, -0.05) is 0 Å². The Morgan fingerprint density at radius 3 is 2.88 bits per heavy atom. The van der Waals surface area contributed by atoms with Crippen LogP contribution in [0.3, 0.4) is 0 Å². The van der Waals surface area contributed by atoms with E-state index in [9.17, 15) is 0 Å². The Hall–Kier alpha value is -1.36. The fourth-order valence-corrected chi connectivity index (χ4v) is 1.82. The number of anilines is 1. The first-order chi connectivity index (χ1) is 7.67. The molecule has 1 aromatic heterocycles. The maximum atomic E-state index is 5.73. The summed E-state index contributed by atoms with van der Waals surface area (Å²) in [5.41, 5.74) is 5.73. The van der Waals surface area contributed by atoms with Gasteiger partial charge in [-0.2, -0.15) is 4.98 Å². The zero-order chi connectivity index (χ0) is 11.5. The fourth-order valence-electron chi connectivity index (χ4n) is 1.82. The van der Waals surface area contributed by atoms with Gasteiger partial charge in [0.15, 0.2) is 0 Å². The monoisotopic (exact) mass is 222 g/mol. The lowest BCUT2D eigenvalue weighted by Crippen LogP contribution is -2.44. The summed E-state index contributed by atoms with van der Waals surface area (Å²) in [6, 6.07) is 2.62. The molecular weight excluding hydrogens is 204 g/mol. The molecule has 0 atom stereocenters. The molecule has 0 spiro atoms. The summed E-state index contributed by atoms with van der Waals surface area (Å²) in [4.78, 5) is 8.51. The summed E-state index contributed by atoms with van der Waals surface area (Å²) in [6.45, 7) is 4.42. The summed E-state index contributed by atoms with van der Waals surface area (Å²) in [5, 5.41) is 3.34. The minimum atomic E-state index is 0.340. The van der Waals surface area contributed by atoms with Gasteiger partial charge in [0.25, 0.3) is 0 Å². The lowest BCUT2D eigenvalue weighted by atomic mass is 9.88. The van der Waals surface area contributed by atoms with Gasteiger partial charge in [0.1, 0.15) is 11.6 Å². The topological polar surface area (TPSA) is 73.1 Å². The van der Waals surface area contributed by atoms with Crippen LogP contribution >= 0.6 is 0 Å². The second kappa shape index (κ2) is 4.65. The third kappa shape index (κ3) is 2.61. The first kappa shape index (κ1) is 11.1. The Labute approximate surface area is 95.4 Å². The van der Waals surface area contributed by atoms with E-state index in [0.717, 1.165) is 24.5 Å². The summed E-state index contributed by atoms with van der Waals surface area (Å²) >= 11 is 0. The number of nitrogens with one attached hydrogen (secondary N) is 1. The van der Waals surface area contributed by atoms with Crippen molar-refractivity contribution in [2.75, 3.05) is 11.9 Å². The third-order valence-corrected chi connectivity index (χ3v) is 2.63. The van der Waals surface area contributed by atoms with E-state index >= 15 is 0 Å². The number of rotatable bonds is 4. The van der Waals surface area contributed by atoms with Gasteiger partial charge in [0.05, 0.1) is 6.61 Å². The number of nitrogens with two attached hydrogens (primary N) is 1. The molecule has 5 heteroatoms. The van der Waals surface area contributed by atoms with Crippen molar-refractivity contribution in [3.63, 3.8) is 0 Å². The molecule has 5 nitrogen and oxygen atoms in total. The molecule has 1 fully saturated rings. The molecule has 0 aliphatic heterocycles. The van der Waals surface area contributed by atoms with Crippen LogP contribution in [-0.2, 0) is 0 Å². The van der Waals surface area contributed by atoms with Gasteiger partial charge in [-0.05, 0) is 26.7 Å². The van der Waals surface area contributed by atoms with Crippen LogP contribution in [0.25, 0.3) is 0 Å². The van der Waals surface area contributed by atoms with Crippen molar-refractivity contribution in [1.82, 2.24) is 9.97 Å². The zero-order valence-corrected chi connectivity index (χ0v) is 9.73. The predicted molar refractivity (Wildman–Crippen MR) is 62.6 cm³/mol. The molecular formula is C11H18N4O. The Balaban J connectivity index is 2.02. The molecule has 2 rings (SSSR count). The molecule has 1 aliphatic rings. The van der Waals surface area contributed by atoms with Gasteiger partial charge in [0, 0.05) is 18.2 Å². The highest BCUT2D eigenvalue weighted by atomic mass is 16.5. The van der Waals surface area contributed by atoms with Crippen LogP contribution in [0.5, 0.6) is 5.88 Å². The van der Waals surface area contributed by atoms with Crippen LogP contribution in [0.4, 0.5) is 5.82 Å². The minimum Gasteiger partial charge on any atom is -0.478 e. The van der Waals surface area contributed by atoms with E-state index in [4.69, 9.17) is 10.5 Å². The van der Waals surface area contributed by atoms with Crippen LogP contribution in [0.2, 0.25) is 0 Å². The highest BCUT2D eigenvalue weighted by molar-refractivity contribution is 5.40. The van der Waals surface area contributed by atoms with E-state index in [0.29, 0.717) is 24.6 Å². The van der Waals surface area contributed by atoms with Crippen molar-refractivity contribution in [2.45, 2.75) is 38.8 Å². The molecule has 0 aromatic carbocycles. The summed E-state index contributed by atoms with van der Waals surface area (Å²) < 4.78 is 5.37. The molecule has 0 saturated heterocycles. The summed E-state index contributed by atoms with van der Waals surface area (Å²) in [6.07, 6.45) is 2.01. The van der Waals surface area contributed by atoms with Gasteiger partial charge in [-0.3, -0.25) is 0 Å². The Bertz CT molecular complexity index is 363. The number of hydrogen-bond acceptors (Lipinski definition) is 5. The fraction of sp³-hybridized carbons (Fsp3) is 0.636. The highest BCUT2D eigenvalue weighted by Gasteiger charge is 2.26. The largest absolute Gasteiger partial charge is 0.478 e. The van der Waals surface area contributed by atoms with Gasteiger partial charge >= 0.3 is 0 Å². The average Bonchev–Trinajstić information content (AvgIpc) is 2.15. The van der Waals surface area contributed by atoms with E-state index in [2.05, 4.69) is 15.3 Å². The maximum Gasteiger partial charge on any atom is 0.218 e. The standard InChI is InChI=1S/C11H18N4O/c1-3-16-11-6-10(13-7(2)14-11)15-9-4-8(12)5-9/h6,8-9H,3-5,12H2,1-2H3,(H,13,14,15). The van der Waals surface area contributed by atoms with Gasteiger partial charge in [0.2, 0.25) is 5.88 Å². The highest BCUT2D eigenvalue weighted by Crippen LogP contribution is 2.23. The normalized spacial score (nSPS) is 23.7. The molecule has 1 heterocycles. The number of aryl methyl sites for hydroxylation is 1. The van der Waals surface area contributed by atoms with Crippen molar-refractivity contribution < 1.29 is 4.74 Å². The van der Waals surface area contributed by atoms with Crippen LogP contribution in [-0.4, -0.2) is 28.7 Å². The Morgan fingerprint density at radius 2 is 2.25 bits per heavy atom. The van der Waals surface area contributed by atoms with Gasteiger partial charge in [-0.15, -0.1) is 0 Å². The second-order valence-electron chi connectivity index (χ2n) is 4.14. The smallest absolute Gasteiger partial charge is 0.218 e. The van der Waals surface area contributed by atoms with E-state index in [-0.39, 0.29) is 0 Å². The quantitative estimate of drug-likeness (QED) is 0.797. The van der Waals surface area contributed by atoms with Crippen LogP contribution in [0, 0.1) is 6.92 Å². The number of nitrogens with zero attached hydrogens (tertiary/aromatic N) is 2. The van der Waals surface area contributed by atoms with E-state index in [1.54, 1.807) is 0 Å². The van der Waals surface area contributed by atoms with E-state index < -0.39 is 0 Å². The minimum absolute atomic E-state index is 0.340.